The van der Waals surface area contributed by atoms with E-state index in [0.717, 1.165) is 0 Å². The first-order valence-corrected chi connectivity index (χ1v) is 24.4. The minimum Gasteiger partial charge on any atom is -1.00 e. The van der Waals surface area contributed by atoms with Gasteiger partial charge in [-0.05, 0) is 40.0 Å². The molecule has 0 atom stereocenters. The fourth-order valence-electron chi connectivity index (χ4n) is 6.62. The summed E-state index contributed by atoms with van der Waals surface area (Å²) in [5.74, 6) is 0. The summed E-state index contributed by atoms with van der Waals surface area (Å²) in [7, 11) is 0. The van der Waals surface area contributed by atoms with Crippen molar-refractivity contribution in [3.8, 4) is 33.4 Å². The average Bonchev–Trinajstić information content (AvgIpc) is 3.69. The zero-order valence-electron chi connectivity index (χ0n) is 33.4. The Labute approximate surface area is 347 Å². The fraction of sp³-hybridized carbons (Fsp3) is 0.265. The van der Waals surface area contributed by atoms with Crippen molar-refractivity contribution in [3.63, 3.8) is 0 Å². The Morgan fingerprint density at radius 3 is 1.55 bits per heavy atom. The second-order valence-electron chi connectivity index (χ2n) is 16.4. The molecule has 0 bridgehead atoms. The van der Waals surface area contributed by atoms with Crippen LogP contribution in [0.4, 0.5) is 0 Å². The van der Waals surface area contributed by atoms with Gasteiger partial charge in [0.15, 0.2) is 0 Å². The number of hydrogen-bond donors (Lipinski definition) is 0. The first-order chi connectivity index (χ1) is 24.0. The number of hydrogen-bond acceptors (Lipinski definition) is 0. The Hall–Kier alpha value is -3.00. The van der Waals surface area contributed by atoms with E-state index in [1.165, 1.54) is 82.7 Å². The third-order valence-corrected chi connectivity index (χ3v) is 9.48. The predicted molar refractivity (Wildman–Crippen MR) is 224 cm³/mol. The van der Waals surface area contributed by atoms with Crippen molar-refractivity contribution < 1.29 is 48.1 Å². The Kier molecular flexibility index (Phi) is 15.5. The van der Waals surface area contributed by atoms with Crippen molar-refractivity contribution in [2.75, 3.05) is 0 Å². The van der Waals surface area contributed by atoms with Gasteiger partial charge in [-0.25, -0.2) is 0 Å². The molecule has 0 N–H and O–H groups in total. The molecule has 0 saturated heterocycles. The zero-order chi connectivity index (χ0) is 37.1. The number of fused-ring (bicyclic) bond motifs is 2. The summed E-state index contributed by atoms with van der Waals surface area (Å²) in [6.45, 7) is 24.7. The van der Waals surface area contributed by atoms with Gasteiger partial charge >= 0.3 is 41.9 Å². The summed E-state index contributed by atoms with van der Waals surface area (Å²) in [5, 5.41) is 5.38. The molecule has 7 aromatic carbocycles. The van der Waals surface area contributed by atoms with E-state index in [1.54, 1.807) is 23.3 Å². The second kappa shape index (κ2) is 18.6. The van der Waals surface area contributed by atoms with Gasteiger partial charge in [0.05, 0.1) is 0 Å². The van der Waals surface area contributed by atoms with E-state index in [-0.39, 0.29) is 41.1 Å². The molecule has 0 radical (unpaired) electrons. The van der Waals surface area contributed by atoms with E-state index >= 15 is 0 Å². The zero-order valence-corrected chi connectivity index (χ0v) is 38.4. The van der Waals surface area contributed by atoms with E-state index in [2.05, 4.69) is 203 Å². The third kappa shape index (κ3) is 11.3. The van der Waals surface area contributed by atoms with Crippen LogP contribution < -0.4 is 24.8 Å². The average molecular weight is 833 g/mol. The third-order valence-electron chi connectivity index (χ3n) is 9.48. The predicted octanol–water partition coefficient (Wildman–Crippen LogP) is 8.43. The van der Waals surface area contributed by atoms with E-state index in [0.29, 0.717) is 0 Å². The standard InChI is InChI=1S/C26H25.C21H23.C2H6Si.2ClH.Zr/c1-18-7-5-8-20(15-18)22-16-21-9-6-10-24(25(21)17-22)19-11-13-23(14-12-19)26(2,3)4;1-14-12-19-15(2)6-11-18(20(19)13-14)16-7-9-17(10-8-16)21(3,4)5;1-3-2;;;/h5-17H,1-4H3;6-13H,1-5H3;1-2H3;2*1H;/q2*-1;;;;+2/p-2. The largest absolute Gasteiger partial charge is 1.00 e. The molecule has 0 aromatic heterocycles. The number of benzene rings is 5. The number of aryl methyl sites for hydroxylation is 3. The van der Waals surface area contributed by atoms with Crippen LogP contribution in [-0.4, -0.2) is 5.43 Å². The van der Waals surface area contributed by atoms with Gasteiger partial charge in [0.1, 0.15) is 0 Å². The molecule has 0 aliphatic heterocycles. The van der Waals surface area contributed by atoms with Crippen LogP contribution in [0.2, 0.25) is 13.1 Å². The van der Waals surface area contributed by atoms with Gasteiger partial charge in [0.2, 0.25) is 0 Å². The van der Waals surface area contributed by atoms with Crippen molar-refractivity contribution in [1.82, 2.24) is 0 Å². The van der Waals surface area contributed by atoms with E-state index in [9.17, 15) is 0 Å². The van der Waals surface area contributed by atoms with Crippen LogP contribution in [0, 0.1) is 20.8 Å². The van der Waals surface area contributed by atoms with Gasteiger partial charge in [-0.2, -0.15) is 6.07 Å². The quantitative estimate of drug-likeness (QED) is 0.124. The summed E-state index contributed by atoms with van der Waals surface area (Å²) in [5.41, 5.74) is 15.2. The summed E-state index contributed by atoms with van der Waals surface area (Å²) in [4.78, 5) is 0. The van der Waals surface area contributed by atoms with Crippen molar-refractivity contribution >= 4 is 27.0 Å². The Bertz CT molecular complexity index is 2270. The van der Waals surface area contributed by atoms with Crippen molar-refractivity contribution in [1.29, 1.82) is 0 Å². The number of halogens is 2. The van der Waals surface area contributed by atoms with E-state index in [4.69, 9.17) is 0 Å². The minimum absolute atomic E-state index is 0. The first-order valence-electron chi connectivity index (χ1n) is 18.2. The van der Waals surface area contributed by atoms with Crippen LogP contribution in [0.5, 0.6) is 0 Å². The van der Waals surface area contributed by atoms with E-state index < -0.39 is 0 Å². The molecule has 0 aliphatic carbocycles. The molecule has 53 heavy (non-hydrogen) atoms. The Morgan fingerprint density at radius 1 is 0.528 bits per heavy atom. The van der Waals surface area contributed by atoms with Gasteiger partial charge in [0, 0.05) is 0 Å². The second-order valence-corrected chi connectivity index (χ2v) is 25.7. The molecular weight excluding hydrogens is 779 g/mol. The maximum atomic E-state index is 2.33. The van der Waals surface area contributed by atoms with Crippen molar-refractivity contribution in [2.45, 2.75) is 86.2 Å². The molecule has 0 saturated carbocycles. The molecule has 0 spiro atoms. The summed E-state index contributed by atoms with van der Waals surface area (Å²) >= 11 is 1.74. The SMILES string of the molecule is C[Si](C)=[Zr+2].Cc1cc2c(-c3ccc(C(C)(C)C)cc3)ccc(C)c2[cH-]1.Cc1cccc(-c2cc3c(-c4ccc(C(C)(C)C)cc4)cccc3[cH-]2)c1.[Cl-].[Cl-]. The summed E-state index contributed by atoms with van der Waals surface area (Å²) in [6, 6.07) is 47.1. The van der Waals surface area contributed by atoms with Crippen molar-refractivity contribution in [2.24, 2.45) is 0 Å². The molecule has 0 heterocycles. The van der Waals surface area contributed by atoms with Gasteiger partial charge in [-0.1, -0.05) is 169 Å². The van der Waals surface area contributed by atoms with Crippen LogP contribution in [0.25, 0.3) is 54.9 Å². The normalized spacial score (nSPS) is 11.1. The van der Waals surface area contributed by atoms with Gasteiger partial charge in [-0.3, -0.25) is 0 Å². The summed E-state index contributed by atoms with van der Waals surface area (Å²) in [6.07, 6.45) is 0. The molecular formula is C49H54Cl2SiZr-2. The molecule has 7 aromatic rings. The Balaban J connectivity index is 0.000000255. The monoisotopic (exact) mass is 830 g/mol. The van der Waals surface area contributed by atoms with Gasteiger partial charge < -0.3 is 24.8 Å². The molecule has 0 fully saturated rings. The fourth-order valence-corrected chi connectivity index (χ4v) is 6.62. The van der Waals surface area contributed by atoms with Gasteiger partial charge in [-0.15, -0.1) is 68.6 Å². The topological polar surface area (TPSA) is 0 Å². The molecule has 4 heteroatoms. The summed E-state index contributed by atoms with van der Waals surface area (Å²) < 4.78 is 0. The molecule has 7 rings (SSSR count). The van der Waals surface area contributed by atoms with Gasteiger partial charge in [0.25, 0.3) is 0 Å². The molecule has 0 nitrogen and oxygen atoms in total. The van der Waals surface area contributed by atoms with Crippen LogP contribution in [0.3, 0.4) is 0 Å². The van der Waals surface area contributed by atoms with Crippen molar-refractivity contribution in [3.05, 3.63) is 155 Å². The van der Waals surface area contributed by atoms with E-state index in [1.807, 2.05) is 0 Å². The molecule has 274 valence electrons. The maximum absolute atomic E-state index is 2.33. The first kappa shape index (κ1) is 44.4. The smallest absolute Gasteiger partial charge is 0.0132 e. The van der Waals surface area contributed by atoms with Crippen LogP contribution >= 0.6 is 0 Å². The van der Waals surface area contributed by atoms with Crippen LogP contribution in [-0.2, 0) is 34.2 Å². The maximum Gasteiger partial charge on any atom is -0.0132 e. The molecule has 0 aliphatic rings. The van der Waals surface area contributed by atoms with Crippen LogP contribution in [0.1, 0.15) is 69.4 Å². The number of rotatable bonds is 3. The molecule has 0 amide bonds. The minimum atomic E-state index is 0. The van der Waals surface area contributed by atoms with Crippen LogP contribution in [0.15, 0.2) is 127 Å². The Morgan fingerprint density at radius 2 is 1.04 bits per heavy atom. The molecule has 0 unspecified atom stereocenters.